The molecular formula is C27H50N+. The summed E-state index contributed by atoms with van der Waals surface area (Å²) in [4.78, 5) is 0. The summed E-state index contributed by atoms with van der Waals surface area (Å²) in [6.45, 7) is 13.5. The summed E-state index contributed by atoms with van der Waals surface area (Å²) in [7, 11) is 0. The van der Waals surface area contributed by atoms with Gasteiger partial charge in [0.25, 0.3) is 0 Å². The molecule has 28 heavy (non-hydrogen) atoms. The van der Waals surface area contributed by atoms with Crippen LogP contribution >= 0.6 is 0 Å². The summed E-state index contributed by atoms with van der Waals surface area (Å²) in [5, 5.41) is 0. The van der Waals surface area contributed by atoms with Gasteiger partial charge in [-0.15, -0.1) is 0 Å². The van der Waals surface area contributed by atoms with Crippen LogP contribution in [0.2, 0.25) is 0 Å². The Morgan fingerprint density at radius 1 is 0.571 bits per heavy atom. The van der Waals surface area contributed by atoms with Crippen LogP contribution in [0.3, 0.4) is 0 Å². The van der Waals surface area contributed by atoms with Gasteiger partial charge in [-0.25, -0.2) is 0 Å². The van der Waals surface area contributed by atoms with Gasteiger partial charge in [0.15, 0.2) is 0 Å². The van der Waals surface area contributed by atoms with E-state index in [0.29, 0.717) is 6.04 Å². The SMILES string of the molecule is CCCCCC(c1ccccc1)[N+](CCCCC)(CCCCC)CCCCC. The predicted octanol–water partition coefficient (Wildman–Crippen LogP) is 8.70. The molecule has 1 atom stereocenters. The van der Waals surface area contributed by atoms with Crippen LogP contribution < -0.4 is 0 Å². The highest BCUT2D eigenvalue weighted by Crippen LogP contribution is 2.36. The fraction of sp³-hybridized carbons (Fsp3) is 0.778. The summed E-state index contributed by atoms with van der Waals surface area (Å²) in [6, 6.07) is 12.2. The molecule has 0 amide bonds. The summed E-state index contributed by atoms with van der Waals surface area (Å²) in [5.74, 6) is 0. The van der Waals surface area contributed by atoms with Crippen LogP contribution in [0.4, 0.5) is 0 Å². The molecule has 0 saturated carbocycles. The van der Waals surface area contributed by atoms with E-state index in [4.69, 9.17) is 0 Å². The zero-order chi connectivity index (χ0) is 20.5. The Bertz CT molecular complexity index is 426. The summed E-state index contributed by atoms with van der Waals surface area (Å²) < 4.78 is 1.35. The van der Waals surface area contributed by atoms with E-state index in [1.54, 1.807) is 5.56 Å². The van der Waals surface area contributed by atoms with Crippen molar-refractivity contribution in [2.45, 2.75) is 117 Å². The molecule has 0 N–H and O–H groups in total. The quantitative estimate of drug-likeness (QED) is 0.174. The van der Waals surface area contributed by atoms with Gasteiger partial charge in [0.05, 0.1) is 19.6 Å². The molecule has 1 unspecified atom stereocenters. The Morgan fingerprint density at radius 2 is 1.00 bits per heavy atom. The van der Waals surface area contributed by atoms with Crippen LogP contribution in [0.1, 0.15) is 123 Å². The van der Waals surface area contributed by atoms with Gasteiger partial charge in [-0.05, 0) is 44.9 Å². The van der Waals surface area contributed by atoms with Crippen molar-refractivity contribution in [3.05, 3.63) is 35.9 Å². The fourth-order valence-corrected chi connectivity index (χ4v) is 4.85. The average Bonchev–Trinajstić information content (AvgIpc) is 2.72. The lowest BCUT2D eigenvalue weighted by atomic mass is 9.94. The first-order valence-corrected chi connectivity index (χ1v) is 12.6. The van der Waals surface area contributed by atoms with Gasteiger partial charge in [-0.3, -0.25) is 0 Å². The second-order valence-electron chi connectivity index (χ2n) is 8.93. The summed E-state index contributed by atoms with van der Waals surface area (Å²) in [6.07, 6.45) is 17.8. The van der Waals surface area contributed by atoms with Crippen LogP contribution in [-0.4, -0.2) is 24.1 Å². The molecule has 0 bridgehead atoms. The molecule has 1 aromatic carbocycles. The summed E-state index contributed by atoms with van der Waals surface area (Å²) >= 11 is 0. The molecule has 0 spiro atoms. The Hall–Kier alpha value is -0.820. The molecule has 0 saturated heterocycles. The van der Waals surface area contributed by atoms with Crippen molar-refractivity contribution >= 4 is 0 Å². The Labute approximate surface area is 177 Å². The Kier molecular flexibility index (Phi) is 14.4. The normalized spacial score (nSPS) is 13.0. The zero-order valence-electron chi connectivity index (χ0n) is 19.7. The van der Waals surface area contributed by atoms with E-state index in [0.717, 1.165) is 0 Å². The standard InChI is InChI=1S/C27H50N/c1-5-9-14-22-27(26-20-15-13-16-21-26)28(23-17-10-6-2,24-18-11-7-3)25-19-12-8-4/h13,15-16,20-21,27H,5-12,14,17-19,22-25H2,1-4H3/q+1. The minimum Gasteiger partial charge on any atom is -0.317 e. The first-order chi connectivity index (χ1) is 13.7. The maximum Gasteiger partial charge on any atom is 0.115 e. The maximum atomic E-state index is 2.42. The third-order valence-corrected chi connectivity index (χ3v) is 6.55. The second kappa shape index (κ2) is 16.0. The lowest BCUT2D eigenvalue weighted by molar-refractivity contribution is -0.958. The molecule has 0 aliphatic heterocycles. The lowest BCUT2D eigenvalue weighted by Gasteiger charge is -2.46. The molecule has 0 aliphatic carbocycles. The number of benzene rings is 1. The van der Waals surface area contributed by atoms with Crippen molar-refractivity contribution in [2.24, 2.45) is 0 Å². The van der Waals surface area contributed by atoms with E-state index in [-0.39, 0.29) is 0 Å². The first kappa shape index (κ1) is 25.2. The highest BCUT2D eigenvalue weighted by Gasteiger charge is 2.36. The number of unbranched alkanes of at least 4 members (excludes halogenated alkanes) is 8. The molecule has 1 nitrogen and oxygen atoms in total. The van der Waals surface area contributed by atoms with Crippen molar-refractivity contribution in [1.29, 1.82) is 0 Å². The van der Waals surface area contributed by atoms with Gasteiger partial charge in [0.1, 0.15) is 6.04 Å². The third-order valence-electron chi connectivity index (χ3n) is 6.55. The van der Waals surface area contributed by atoms with E-state index < -0.39 is 0 Å². The number of nitrogens with zero attached hydrogens (tertiary/aromatic N) is 1. The smallest absolute Gasteiger partial charge is 0.115 e. The molecule has 0 aliphatic rings. The molecule has 1 aromatic rings. The van der Waals surface area contributed by atoms with Crippen molar-refractivity contribution in [3.8, 4) is 0 Å². The van der Waals surface area contributed by atoms with E-state index in [9.17, 15) is 0 Å². The minimum atomic E-state index is 0.693. The first-order valence-electron chi connectivity index (χ1n) is 12.6. The van der Waals surface area contributed by atoms with Crippen LogP contribution in [0.25, 0.3) is 0 Å². The van der Waals surface area contributed by atoms with Crippen LogP contribution in [0, 0.1) is 0 Å². The van der Waals surface area contributed by atoms with Crippen molar-refractivity contribution in [2.75, 3.05) is 19.6 Å². The van der Waals surface area contributed by atoms with E-state index in [1.165, 1.54) is 108 Å². The summed E-state index contributed by atoms with van der Waals surface area (Å²) in [5.41, 5.74) is 1.60. The fourth-order valence-electron chi connectivity index (χ4n) is 4.85. The van der Waals surface area contributed by atoms with Gasteiger partial charge in [0.2, 0.25) is 0 Å². The van der Waals surface area contributed by atoms with Crippen molar-refractivity contribution in [3.63, 3.8) is 0 Å². The number of hydrogen-bond donors (Lipinski definition) is 0. The van der Waals surface area contributed by atoms with Gasteiger partial charge in [-0.2, -0.15) is 0 Å². The third kappa shape index (κ3) is 9.12. The minimum absolute atomic E-state index is 0.693. The van der Waals surface area contributed by atoms with Gasteiger partial charge in [-0.1, -0.05) is 90.1 Å². The zero-order valence-corrected chi connectivity index (χ0v) is 19.7. The topological polar surface area (TPSA) is 0 Å². The molecule has 0 fully saturated rings. The molecule has 0 heterocycles. The second-order valence-corrected chi connectivity index (χ2v) is 8.93. The van der Waals surface area contributed by atoms with Gasteiger partial charge >= 0.3 is 0 Å². The monoisotopic (exact) mass is 388 g/mol. The van der Waals surface area contributed by atoms with Crippen LogP contribution in [0.5, 0.6) is 0 Å². The van der Waals surface area contributed by atoms with Gasteiger partial charge in [0, 0.05) is 12.0 Å². The number of quaternary nitrogens is 1. The van der Waals surface area contributed by atoms with Crippen molar-refractivity contribution < 1.29 is 4.48 Å². The van der Waals surface area contributed by atoms with Crippen LogP contribution in [0.15, 0.2) is 30.3 Å². The molecule has 0 aromatic heterocycles. The number of rotatable bonds is 18. The van der Waals surface area contributed by atoms with E-state index in [2.05, 4.69) is 58.0 Å². The molecule has 0 radical (unpaired) electrons. The maximum absolute atomic E-state index is 2.42. The molecule has 1 heteroatoms. The number of hydrogen-bond acceptors (Lipinski definition) is 0. The largest absolute Gasteiger partial charge is 0.317 e. The predicted molar refractivity (Wildman–Crippen MR) is 127 cm³/mol. The lowest BCUT2D eigenvalue weighted by Crippen LogP contribution is -2.52. The van der Waals surface area contributed by atoms with Crippen molar-refractivity contribution in [1.82, 2.24) is 0 Å². The average molecular weight is 389 g/mol. The Balaban J connectivity index is 3.17. The Morgan fingerprint density at radius 3 is 1.43 bits per heavy atom. The highest BCUT2D eigenvalue weighted by molar-refractivity contribution is 5.17. The van der Waals surface area contributed by atoms with Crippen LogP contribution in [-0.2, 0) is 0 Å². The molecular weight excluding hydrogens is 338 g/mol. The molecule has 1 rings (SSSR count). The van der Waals surface area contributed by atoms with Gasteiger partial charge < -0.3 is 4.48 Å². The van der Waals surface area contributed by atoms with E-state index >= 15 is 0 Å². The van der Waals surface area contributed by atoms with E-state index in [1.807, 2.05) is 0 Å². The highest BCUT2D eigenvalue weighted by atomic mass is 15.4. The molecule has 162 valence electrons.